The molecule has 0 bridgehead atoms. The lowest BCUT2D eigenvalue weighted by Gasteiger charge is -2.29. The second-order valence-electron chi connectivity index (χ2n) is 19.7. The van der Waals surface area contributed by atoms with Gasteiger partial charge in [0.15, 0.2) is 0 Å². The molecule has 344 valence electrons. The van der Waals surface area contributed by atoms with Gasteiger partial charge in [0.1, 0.15) is 23.0 Å². The minimum absolute atomic E-state index is 0.697. The van der Waals surface area contributed by atoms with Crippen LogP contribution < -0.4 is 14.2 Å². The monoisotopic (exact) mass is 855 g/mol. The first-order valence-electron chi connectivity index (χ1n) is 26.4. The van der Waals surface area contributed by atoms with E-state index in [4.69, 9.17) is 14.2 Å². The van der Waals surface area contributed by atoms with Gasteiger partial charge in [-0.1, -0.05) is 166 Å². The zero-order valence-electron chi connectivity index (χ0n) is 40.4. The number of unbranched alkanes of at least 4 members (excludes halogenated alkanes) is 10. The number of ether oxygens (including phenoxy) is 3. The van der Waals surface area contributed by atoms with Gasteiger partial charge in [0, 0.05) is 24.0 Å². The summed E-state index contributed by atoms with van der Waals surface area (Å²) >= 11 is 0. The third-order valence-electron chi connectivity index (χ3n) is 14.6. The lowest BCUT2D eigenvalue weighted by molar-refractivity contribution is 0.303. The van der Waals surface area contributed by atoms with Gasteiger partial charge in [-0.25, -0.2) is 0 Å². The molecule has 2 aliphatic rings. The highest BCUT2D eigenvalue weighted by molar-refractivity contribution is 5.49. The van der Waals surface area contributed by atoms with Gasteiger partial charge in [0.05, 0.1) is 13.2 Å². The first-order chi connectivity index (χ1) is 31.0. The van der Waals surface area contributed by atoms with E-state index >= 15 is 0 Å². The number of hydrogen-bond acceptors (Lipinski definition) is 3. The predicted octanol–water partition coefficient (Wildman–Crippen LogP) is 18.3. The Morgan fingerprint density at radius 3 is 1.16 bits per heavy atom. The van der Waals surface area contributed by atoms with Gasteiger partial charge in [-0.05, 0) is 147 Å². The molecule has 0 unspecified atom stereocenters. The molecule has 0 aliphatic heterocycles. The van der Waals surface area contributed by atoms with Crippen LogP contribution in [0.25, 0.3) is 0 Å². The molecule has 0 aromatic heterocycles. The van der Waals surface area contributed by atoms with E-state index in [1.165, 1.54) is 164 Å². The minimum atomic E-state index is 0.697. The summed E-state index contributed by atoms with van der Waals surface area (Å²) in [5, 5.41) is 0. The van der Waals surface area contributed by atoms with Crippen molar-refractivity contribution in [3.8, 4) is 23.0 Å². The van der Waals surface area contributed by atoms with Crippen LogP contribution in [0.2, 0.25) is 0 Å². The molecule has 3 heteroatoms. The van der Waals surface area contributed by atoms with Crippen molar-refractivity contribution in [2.75, 3.05) is 13.2 Å². The Morgan fingerprint density at radius 2 is 0.778 bits per heavy atom. The van der Waals surface area contributed by atoms with Crippen molar-refractivity contribution in [2.45, 2.75) is 206 Å². The second kappa shape index (κ2) is 27.6. The standard InChI is InChI=1S/C60H86O3/c1-5-9-13-17-41-61-57-37-39-59(55(45-57)43-49-25-33-53(34-26-49)51-29-21-47(22-30-51)19-15-11-7-3)63-60-40-38-58(62-42-18-14-10-6-2)46-56(60)44-50-27-35-54(36-28-50)52-31-23-48(24-32-52)20-16-12-8-4/h25-28,33-40,45-48,51-52H,5-24,29-32,41-44H2,1-4H3. The lowest BCUT2D eigenvalue weighted by Crippen LogP contribution is -2.13. The van der Waals surface area contributed by atoms with E-state index < -0.39 is 0 Å². The Balaban J connectivity index is 1.17. The zero-order valence-corrected chi connectivity index (χ0v) is 40.4. The van der Waals surface area contributed by atoms with Crippen molar-refractivity contribution in [2.24, 2.45) is 11.8 Å². The summed E-state index contributed by atoms with van der Waals surface area (Å²) in [6, 6.07) is 32.1. The highest BCUT2D eigenvalue weighted by Crippen LogP contribution is 2.40. The molecule has 4 aromatic carbocycles. The molecule has 0 spiro atoms. The normalized spacial score (nSPS) is 18.9. The van der Waals surface area contributed by atoms with E-state index in [0.717, 1.165) is 84.9 Å². The van der Waals surface area contributed by atoms with Crippen LogP contribution in [0.3, 0.4) is 0 Å². The molecule has 2 aliphatic carbocycles. The molecule has 0 amide bonds. The Hall–Kier alpha value is -3.72. The Bertz CT molecular complexity index is 1690. The molecule has 0 N–H and O–H groups in total. The molecule has 0 radical (unpaired) electrons. The fraction of sp³-hybridized carbons (Fsp3) is 0.600. The van der Waals surface area contributed by atoms with E-state index in [2.05, 4.69) is 113 Å². The zero-order chi connectivity index (χ0) is 43.9. The fourth-order valence-corrected chi connectivity index (χ4v) is 10.5. The summed E-state index contributed by atoms with van der Waals surface area (Å²) < 4.78 is 19.7. The van der Waals surface area contributed by atoms with Crippen molar-refractivity contribution in [1.82, 2.24) is 0 Å². The van der Waals surface area contributed by atoms with Crippen LogP contribution in [0.5, 0.6) is 23.0 Å². The molecule has 63 heavy (non-hydrogen) atoms. The van der Waals surface area contributed by atoms with E-state index in [1.807, 2.05) is 0 Å². The number of rotatable bonds is 28. The van der Waals surface area contributed by atoms with Gasteiger partial charge in [-0.2, -0.15) is 0 Å². The van der Waals surface area contributed by atoms with Crippen LogP contribution in [0.1, 0.15) is 227 Å². The molecule has 0 saturated heterocycles. The smallest absolute Gasteiger partial charge is 0.131 e. The summed E-state index contributed by atoms with van der Waals surface area (Å²) in [6.07, 6.45) is 33.1. The van der Waals surface area contributed by atoms with Crippen LogP contribution in [-0.4, -0.2) is 13.2 Å². The summed E-state index contributed by atoms with van der Waals surface area (Å²) in [5.41, 5.74) is 7.98. The van der Waals surface area contributed by atoms with Gasteiger partial charge >= 0.3 is 0 Å². The quantitative estimate of drug-likeness (QED) is 0.0533. The Labute approximate surface area is 385 Å². The molecule has 2 fully saturated rings. The third-order valence-corrected chi connectivity index (χ3v) is 14.6. The third kappa shape index (κ3) is 16.3. The number of hydrogen-bond donors (Lipinski definition) is 0. The van der Waals surface area contributed by atoms with Crippen LogP contribution in [0, 0.1) is 11.8 Å². The SMILES string of the molecule is CCCCCCOc1ccc(Oc2ccc(OCCCCCC)cc2Cc2ccc(C3CCC(CCCCC)CC3)cc2)c(Cc2ccc(C3CCC(CCCCC)CC3)cc2)c1. The van der Waals surface area contributed by atoms with Crippen molar-refractivity contribution < 1.29 is 14.2 Å². The molecule has 3 nitrogen and oxygen atoms in total. The van der Waals surface area contributed by atoms with Gasteiger partial charge < -0.3 is 14.2 Å². The summed E-state index contributed by atoms with van der Waals surface area (Å²) in [5.74, 6) is 6.92. The lowest BCUT2D eigenvalue weighted by atomic mass is 9.77. The minimum Gasteiger partial charge on any atom is -0.494 e. The maximum absolute atomic E-state index is 7.03. The van der Waals surface area contributed by atoms with Crippen LogP contribution in [0.4, 0.5) is 0 Å². The predicted molar refractivity (Wildman–Crippen MR) is 268 cm³/mol. The van der Waals surface area contributed by atoms with Crippen LogP contribution in [0.15, 0.2) is 84.9 Å². The van der Waals surface area contributed by atoms with Crippen LogP contribution >= 0.6 is 0 Å². The molecule has 2 saturated carbocycles. The first kappa shape index (κ1) is 48.7. The molecule has 4 aromatic rings. The van der Waals surface area contributed by atoms with E-state index in [1.54, 1.807) is 0 Å². The van der Waals surface area contributed by atoms with Crippen molar-refractivity contribution in [3.05, 3.63) is 118 Å². The molecule has 0 heterocycles. The molecule has 0 atom stereocenters. The topological polar surface area (TPSA) is 27.7 Å². The summed E-state index contributed by atoms with van der Waals surface area (Å²) in [6.45, 7) is 10.6. The van der Waals surface area contributed by atoms with Crippen molar-refractivity contribution in [3.63, 3.8) is 0 Å². The maximum Gasteiger partial charge on any atom is 0.131 e. The average Bonchev–Trinajstić information content (AvgIpc) is 3.31. The Morgan fingerprint density at radius 1 is 0.397 bits per heavy atom. The van der Waals surface area contributed by atoms with E-state index in [0.29, 0.717) is 11.8 Å². The average molecular weight is 855 g/mol. The maximum atomic E-state index is 7.03. The van der Waals surface area contributed by atoms with E-state index in [-0.39, 0.29) is 0 Å². The Kier molecular flexibility index (Phi) is 21.3. The van der Waals surface area contributed by atoms with E-state index in [9.17, 15) is 0 Å². The van der Waals surface area contributed by atoms with Gasteiger partial charge in [-0.3, -0.25) is 0 Å². The van der Waals surface area contributed by atoms with Crippen molar-refractivity contribution in [1.29, 1.82) is 0 Å². The second-order valence-corrected chi connectivity index (χ2v) is 19.7. The molecular formula is C60H86O3. The van der Waals surface area contributed by atoms with Gasteiger partial charge in [0.2, 0.25) is 0 Å². The highest BCUT2D eigenvalue weighted by atomic mass is 16.5. The number of benzene rings is 4. The van der Waals surface area contributed by atoms with Gasteiger partial charge in [-0.15, -0.1) is 0 Å². The largest absolute Gasteiger partial charge is 0.494 e. The molecular weight excluding hydrogens is 769 g/mol. The first-order valence-corrected chi connectivity index (χ1v) is 26.4. The van der Waals surface area contributed by atoms with Crippen LogP contribution in [-0.2, 0) is 12.8 Å². The fourth-order valence-electron chi connectivity index (χ4n) is 10.5. The summed E-state index contributed by atoms with van der Waals surface area (Å²) in [4.78, 5) is 0. The van der Waals surface area contributed by atoms with Gasteiger partial charge in [0.25, 0.3) is 0 Å². The molecule has 6 rings (SSSR count). The van der Waals surface area contributed by atoms with Crippen molar-refractivity contribution >= 4 is 0 Å². The summed E-state index contributed by atoms with van der Waals surface area (Å²) in [7, 11) is 0. The highest BCUT2D eigenvalue weighted by Gasteiger charge is 2.24.